The SMILES string of the molecule is CCCN(Cc1ncc(Cl)n1C)c1c(N)n(Cc2ccccc2)c(=O)[nH]c1=O. The highest BCUT2D eigenvalue weighted by Gasteiger charge is 2.20. The molecule has 0 aliphatic rings. The highest BCUT2D eigenvalue weighted by atomic mass is 35.5. The molecule has 0 unspecified atom stereocenters. The summed E-state index contributed by atoms with van der Waals surface area (Å²) in [6.07, 6.45) is 2.35. The number of halogens is 1. The van der Waals surface area contributed by atoms with E-state index in [1.165, 1.54) is 4.57 Å². The molecule has 2 aromatic heterocycles. The van der Waals surface area contributed by atoms with Crippen LogP contribution in [0.15, 0.2) is 46.1 Å². The monoisotopic (exact) mass is 402 g/mol. The van der Waals surface area contributed by atoms with Gasteiger partial charge in [-0.25, -0.2) is 9.78 Å². The average Bonchev–Trinajstić information content (AvgIpc) is 2.98. The fourth-order valence-electron chi connectivity index (χ4n) is 3.09. The summed E-state index contributed by atoms with van der Waals surface area (Å²) >= 11 is 6.08. The minimum Gasteiger partial charge on any atom is -0.383 e. The predicted octanol–water partition coefficient (Wildman–Crippen LogP) is 1.97. The van der Waals surface area contributed by atoms with Gasteiger partial charge in [0.25, 0.3) is 5.56 Å². The molecule has 8 nitrogen and oxygen atoms in total. The molecular weight excluding hydrogens is 380 g/mol. The molecule has 2 heterocycles. The van der Waals surface area contributed by atoms with Gasteiger partial charge >= 0.3 is 5.69 Å². The molecule has 0 fully saturated rings. The standard InChI is InChI=1S/C19H23ClN6O2/c1-3-9-25(12-15-22-10-14(20)24(15)2)16-17(21)26(19(28)23-18(16)27)11-13-7-5-4-6-8-13/h4-8,10H,3,9,11-12,21H2,1-2H3,(H,23,27,28). The zero-order chi connectivity index (χ0) is 20.3. The predicted molar refractivity (Wildman–Crippen MR) is 111 cm³/mol. The molecule has 0 spiro atoms. The van der Waals surface area contributed by atoms with E-state index < -0.39 is 11.2 Å². The Morgan fingerprint density at radius 2 is 1.96 bits per heavy atom. The Kier molecular flexibility index (Phi) is 5.89. The quantitative estimate of drug-likeness (QED) is 0.629. The van der Waals surface area contributed by atoms with Gasteiger partial charge in [-0.2, -0.15) is 0 Å². The summed E-state index contributed by atoms with van der Waals surface area (Å²) in [7, 11) is 1.80. The highest BCUT2D eigenvalue weighted by molar-refractivity contribution is 6.29. The third-order valence-electron chi connectivity index (χ3n) is 4.57. The van der Waals surface area contributed by atoms with Gasteiger partial charge < -0.3 is 15.2 Å². The van der Waals surface area contributed by atoms with Crippen molar-refractivity contribution in [1.29, 1.82) is 0 Å². The number of anilines is 2. The zero-order valence-corrected chi connectivity index (χ0v) is 16.6. The minimum atomic E-state index is -0.536. The third-order valence-corrected chi connectivity index (χ3v) is 4.92. The van der Waals surface area contributed by atoms with E-state index in [9.17, 15) is 9.59 Å². The van der Waals surface area contributed by atoms with E-state index in [1.807, 2.05) is 42.2 Å². The maximum absolute atomic E-state index is 12.6. The summed E-state index contributed by atoms with van der Waals surface area (Å²) in [5, 5.41) is 0.502. The first-order chi connectivity index (χ1) is 13.4. The van der Waals surface area contributed by atoms with Crippen LogP contribution in [-0.4, -0.2) is 25.6 Å². The molecule has 0 amide bonds. The van der Waals surface area contributed by atoms with Crippen molar-refractivity contribution in [3.05, 3.63) is 73.9 Å². The van der Waals surface area contributed by atoms with Crippen LogP contribution in [0.1, 0.15) is 24.7 Å². The van der Waals surface area contributed by atoms with Crippen LogP contribution < -0.4 is 21.9 Å². The lowest BCUT2D eigenvalue weighted by atomic mass is 10.2. The Balaban J connectivity index is 2.05. The Labute approximate surface area is 167 Å². The lowest BCUT2D eigenvalue weighted by Crippen LogP contribution is -2.39. The lowest BCUT2D eigenvalue weighted by molar-refractivity contribution is 0.681. The van der Waals surface area contributed by atoms with Crippen LogP contribution in [0.25, 0.3) is 0 Å². The molecule has 0 aliphatic heterocycles. The van der Waals surface area contributed by atoms with Crippen molar-refractivity contribution < 1.29 is 0 Å². The summed E-state index contributed by atoms with van der Waals surface area (Å²) in [5.41, 5.74) is 6.43. The Hall–Kier alpha value is -3.00. The van der Waals surface area contributed by atoms with Crippen molar-refractivity contribution in [3.8, 4) is 0 Å². The second-order valence-electron chi connectivity index (χ2n) is 6.54. The maximum atomic E-state index is 12.6. The first-order valence-electron chi connectivity index (χ1n) is 9.00. The number of aromatic nitrogens is 4. The van der Waals surface area contributed by atoms with Crippen molar-refractivity contribution in [2.45, 2.75) is 26.4 Å². The van der Waals surface area contributed by atoms with E-state index in [4.69, 9.17) is 17.3 Å². The molecule has 1 aromatic carbocycles. The van der Waals surface area contributed by atoms with E-state index in [1.54, 1.807) is 17.8 Å². The average molecular weight is 403 g/mol. The number of nitrogens with zero attached hydrogens (tertiary/aromatic N) is 4. The smallest absolute Gasteiger partial charge is 0.330 e. The Morgan fingerprint density at radius 1 is 1.25 bits per heavy atom. The molecule has 0 radical (unpaired) electrons. The molecule has 9 heteroatoms. The summed E-state index contributed by atoms with van der Waals surface area (Å²) in [4.78, 5) is 33.5. The third kappa shape index (κ3) is 3.96. The van der Waals surface area contributed by atoms with Gasteiger partial charge in [-0.05, 0) is 12.0 Å². The summed E-state index contributed by atoms with van der Waals surface area (Å²) in [6, 6.07) is 9.47. The number of imidazole rings is 1. The van der Waals surface area contributed by atoms with E-state index in [0.29, 0.717) is 24.1 Å². The topological polar surface area (TPSA) is 102 Å². The van der Waals surface area contributed by atoms with E-state index in [0.717, 1.165) is 12.0 Å². The van der Waals surface area contributed by atoms with Gasteiger partial charge in [0.1, 0.15) is 22.5 Å². The Morgan fingerprint density at radius 3 is 2.57 bits per heavy atom. The largest absolute Gasteiger partial charge is 0.383 e. The fourth-order valence-corrected chi connectivity index (χ4v) is 3.23. The van der Waals surface area contributed by atoms with Crippen LogP contribution in [0, 0.1) is 0 Å². The Bertz CT molecular complexity index is 1070. The zero-order valence-electron chi connectivity index (χ0n) is 15.9. The summed E-state index contributed by atoms with van der Waals surface area (Å²) in [6.45, 7) is 3.18. The maximum Gasteiger partial charge on any atom is 0.330 e. The van der Waals surface area contributed by atoms with Crippen molar-refractivity contribution in [2.24, 2.45) is 7.05 Å². The number of H-pyrrole nitrogens is 1. The lowest BCUT2D eigenvalue weighted by Gasteiger charge is -2.25. The molecule has 0 saturated heterocycles. The molecule has 3 N–H and O–H groups in total. The van der Waals surface area contributed by atoms with Crippen molar-refractivity contribution in [1.82, 2.24) is 19.1 Å². The molecule has 3 aromatic rings. The van der Waals surface area contributed by atoms with E-state index >= 15 is 0 Å². The van der Waals surface area contributed by atoms with Crippen LogP contribution >= 0.6 is 11.6 Å². The number of benzene rings is 1. The van der Waals surface area contributed by atoms with Crippen LogP contribution in [0.5, 0.6) is 0 Å². The fraction of sp³-hybridized carbons (Fsp3) is 0.316. The number of nitrogen functional groups attached to an aromatic ring is 1. The van der Waals surface area contributed by atoms with Crippen LogP contribution in [0.2, 0.25) is 5.15 Å². The molecule has 0 saturated carbocycles. The number of hydrogen-bond donors (Lipinski definition) is 2. The second-order valence-corrected chi connectivity index (χ2v) is 6.93. The number of aromatic amines is 1. The van der Waals surface area contributed by atoms with Gasteiger partial charge in [-0.1, -0.05) is 48.9 Å². The van der Waals surface area contributed by atoms with E-state index in [2.05, 4.69) is 9.97 Å². The minimum absolute atomic E-state index is 0.131. The number of nitrogens with two attached hydrogens (primary N) is 1. The molecule has 0 atom stereocenters. The second kappa shape index (κ2) is 8.35. The molecule has 0 aliphatic carbocycles. The molecule has 0 bridgehead atoms. The number of rotatable bonds is 7. The molecule has 3 rings (SSSR count). The van der Waals surface area contributed by atoms with Gasteiger partial charge in [0, 0.05) is 13.6 Å². The number of hydrogen-bond acceptors (Lipinski definition) is 5. The summed E-state index contributed by atoms with van der Waals surface area (Å²) in [5.74, 6) is 0.824. The van der Waals surface area contributed by atoms with Gasteiger partial charge in [0.05, 0.1) is 19.3 Å². The van der Waals surface area contributed by atoms with Crippen LogP contribution in [0.4, 0.5) is 11.5 Å². The van der Waals surface area contributed by atoms with Gasteiger partial charge in [0.15, 0.2) is 0 Å². The van der Waals surface area contributed by atoms with E-state index in [-0.39, 0.29) is 18.1 Å². The van der Waals surface area contributed by atoms with Crippen molar-refractivity contribution in [2.75, 3.05) is 17.2 Å². The molecule has 28 heavy (non-hydrogen) atoms. The number of nitrogens with one attached hydrogen (secondary N) is 1. The molecular formula is C19H23ClN6O2. The van der Waals surface area contributed by atoms with Crippen molar-refractivity contribution >= 4 is 23.1 Å². The van der Waals surface area contributed by atoms with Crippen LogP contribution in [-0.2, 0) is 20.1 Å². The first kappa shape index (κ1) is 19.8. The first-order valence-corrected chi connectivity index (χ1v) is 9.37. The highest BCUT2D eigenvalue weighted by Crippen LogP contribution is 2.21. The molecule has 148 valence electrons. The summed E-state index contributed by atoms with van der Waals surface area (Å²) < 4.78 is 3.12. The van der Waals surface area contributed by atoms with Gasteiger partial charge in [-0.15, -0.1) is 0 Å². The normalized spacial score (nSPS) is 11.0. The van der Waals surface area contributed by atoms with Gasteiger partial charge in [-0.3, -0.25) is 14.3 Å². The van der Waals surface area contributed by atoms with Gasteiger partial charge in [0.2, 0.25) is 0 Å². The van der Waals surface area contributed by atoms with Crippen molar-refractivity contribution in [3.63, 3.8) is 0 Å². The van der Waals surface area contributed by atoms with Crippen LogP contribution in [0.3, 0.4) is 0 Å².